The first kappa shape index (κ1) is 24.4. The number of carbonyl (C=O) groups is 1. The van der Waals surface area contributed by atoms with Crippen LogP contribution in [0.5, 0.6) is 5.75 Å². The van der Waals surface area contributed by atoms with Crippen molar-refractivity contribution >= 4 is 34.0 Å². The molecule has 1 atom stereocenters. The van der Waals surface area contributed by atoms with Gasteiger partial charge in [0.1, 0.15) is 24.0 Å². The predicted molar refractivity (Wildman–Crippen MR) is 129 cm³/mol. The summed E-state index contributed by atoms with van der Waals surface area (Å²) in [4.78, 5) is 20.4. The monoisotopic (exact) mass is 507 g/mol. The number of aliphatic carboxylic acids is 1. The number of thiazole rings is 1. The molecule has 0 bridgehead atoms. The minimum Gasteiger partial charge on any atom is -0.491 e. The van der Waals surface area contributed by atoms with Crippen molar-refractivity contribution in [1.29, 1.82) is 0 Å². The Hall–Kier alpha value is -2.75. The second kappa shape index (κ2) is 10.7. The lowest BCUT2D eigenvalue weighted by Crippen LogP contribution is -2.52. The molecule has 2 aromatic carbocycles. The van der Waals surface area contributed by atoms with Crippen LogP contribution in [-0.4, -0.2) is 59.8 Å². The van der Waals surface area contributed by atoms with E-state index >= 15 is 0 Å². The molecule has 0 saturated carbocycles. The first-order valence-corrected chi connectivity index (χ1v) is 12.0. The molecule has 0 aliphatic carbocycles. The zero-order valence-electron chi connectivity index (χ0n) is 18.5. The van der Waals surface area contributed by atoms with E-state index in [0.717, 1.165) is 36.9 Å². The van der Waals surface area contributed by atoms with Crippen molar-refractivity contribution < 1.29 is 23.4 Å². The Kier molecular flexibility index (Phi) is 7.65. The standard InChI is InChI=1S/C24H24ClF2N3O3S/c1-15-14-30(24-28-13-22(34-24)18-12-17(26)3-5-20(18)27)7-6-29(15)8-9-33-21-10-16(11-23(31)32)2-4-19(21)25/h2-5,10,12-13,15H,6-9,11,14H2,1H3,(H,31,32)/t15-/m0/s1. The second-order valence-electron chi connectivity index (χ2n) is 8.15. The highest BCUT2D eigenvalue weighted by Gasteiger charge is 2.26. The Morgan fingerprint density at radius 2 is 2.09 bits per heavy atom. The van der Waals surface area contributed by atoms with Crippen LogP contribution in [-0.2, 0) is 11.2 Å². The van der Waals surface area contributed by atoms with Gasteiger partial charge in [0.05, 0.1) is 16.3 Å². The van der Waals surface area contributed by atoms with E-state index in [-0.39, 0.29) is 18.0 Å². The first-order chi connectivity index (χ1) is 16.3. The summed E-state index contributed by atoms with van der Waals surface area (Å²) in [5, 5.41) is 10.2. The average Bonchev–Trinajstić information content (AvgIpc) is 3.28. The molecule has 10 heteroatoms. The van der Waals surface area contributed by atoms with Gasteiger partial charge < -0.3 is 14.7 Å². The average molecular weight is 508 g/mol. The number of halogens is 3. The summed E-state index contributed by atoms with van der Waals surface area (Å²) in [6, 6.07) is 8.64. The molecule has 0 radical (unpaired) electrons. The maximum Gasteiger partial charge on any atom is 0.307 e. The maximum absolute atomic E-state index is 14.1. The number of hydrogen-bond acceptors (Lipinski definition) is 6. The quantitative estimate of drug-likeness (QED) is 0.465. The van der Waals surface area contributed by atoms with Crippen LogP contribution in [0.25, 0.3) is 10.4 Å². The zero-order chi connectivity index (χ0) is 24.2. The van der Waals surface area contributed by atoms with Gasteiger partial charge in [-0.15, -0.1) is 0 Å². The van der Waals surface area contributed by atoms with Gasteiger partial charge in [-0.3, -0.25) is 9.69 Å². The molecule has 2 heterocycles. The molecule has 1 fully saturated rings. The van der Waals surface area contributed by atoms with Crippen LogP contribution in [0.1, 0.15) is 12.5 Å². The summed E-state index contributed by atoms with van der Waals surface area (Å²) in [5.74, 6) is -1.38. The van der Waals surface area contributed by atoms with Gasteiger partial charge in [0.25, 0.3) is 0 Å². The first-order valence-electron chi connectivity index (χ1n) is 10.8. The molecule has 34 heavy (non-hydrogen) atoms. The molecule has 1 N–H and O–H groups in total. The van der Waals surface area contributed by atoms with Gasteiger partial charge in [0.2, 0.25) is 0 Å². The molecule has 4 rings (SSSR count). The summed E-state index contributed by atoms with van der Waals surface area (Å²) >= 11 is 7.54. The van der Waals surface area contributed by atoms with Gasteiger partial charge in [-0.2, -0.15) is 0 Å². The number of hydrogen-bond donors (Lipinski definition) is 1. The fourth-order valence-electron chi connectivity index (χ4n) is 3.94. The Morgan fingerprint density at radius 1 is 1.26 bits per heavy atom. The fraction of sp³-hybridized carbons (Fsp3) is 0.333. The van der Waals surface area contributed by atoms with E-state index in [2.05, 4.69) is 21.7 Å². The molecule has 6 nitrogen and oxygen atoms in total. The third-order valence-electron chi connectivity index (χ3n) is 5.71. The van der Waals surface area contributed by atoms with Crippen LogP contribution < -0.4 is 9.64 Å². The molecule has 1 saturated heterocycles. The Bertz CT molecular complexity index is 1180. The smallest absolute Gasteiger partial charge is 0.307 e. The molecular weight excluding hydrogens is 484 g/mol. The molecule has 3 aromatic rings. The minimum atomic E-state index is -0.909. The number of nitrogens with zero attached hydrogens (tertiary/aromatic N) is 3. The highest BCUT2D eigenvalue weighted by molar-refractivity contribution is 7.18. The molecular formula is C24H24ClF2N3O3S. The van der Waals surface area contributed by atoms with Crippen molar-refractivity contribution in [1.82, 2.24) is 9.88 Å². The number of aromatic nitrogens is 1. The summed E-state index contributed by atoms with van der Waals surface area (Å²) in [7, 11) is 0. The van der Waals surface area contributed by atoms with Gasteiger partial charge in [-0.1, -0.05) is 29.0 Å². The number of piperazine rings is 1. The summed E-state index contributed by atoms with van der Waals surface area (Å²) in [5.41, 5.74) is 0.855. The Balaban J connectivity index is 1.32. The highest BCUT2D eigenvalue weighted by atomic mass is 35.5. The lowest BCUT2D eigenvalue weighted by Gasteiger charge is -2.39. The molecule has 0 spiro atoms. The van der Waals surface area contributed by atoms with Crippen LogP contribution in [0, 0.1) is 11.6 Å². The van der Waals surface area contributed by atoms with Gasteiger partial charge >= 0.3 is 5.97 Å². The van der Waals surface area contributed by atoms with E-state index < -0.39 is 17.6 Å². The van der Waals surface area contributed by atoms with Crippen LogP contribution in [0.4, 0.5) is 13.9 Å². The molecule has 1 aliphatic rings. The summed E-state index contributed by atoms with van der Waals surface area (Å²) in [6.07, 6.45) is 1.50. The zero-order valence-corrected chi connectivity index (χ0v) is 20.1. The molecule has 180 valence electrons. The van der Waals surface area contributed by atoms with E-state index in [1.165, 1.54) is 17.4 Å². The van der Waals surface area contributed by atoms with Crippen LogP contribution in [0.15, 0.2) is 42.6 Å². The van der Waals surface area contributed by atoms with Crippen molar-refractivity contribution in [2.75, 3.05) is 37.7 Å². The highest BCUT2D eigenvalue weighted by Crippen LogP contribution is 2.34. The van der Waals surface area contributed by atoms with E-state index in [1.54, 1.807) is 24.4 Å². The Morgan fingerprint density at radius 3 is 2.85 bits per heavy atom. The van der Waals surface area contributed by atoms with E-state index in [1.807, 2.05) is 0 Å². The lowest BCUT2D eigenvalue weighted by atomic mass is 10.1. The normalized spacial score (nSPS) is 16.6. The SMILES string of the molecule is C[C@H]1CN(c2ncc(-c3cc(F)ccc3F)s2)CCN1CCOc1cc(CC(=O)O)ccc1Cl. The van der Waals surface area contributed by atoms with Crippen LogP contribution in [0.2, 0.25) is 5.02 Å². The van der Waals surface area contributed by atoms with Gasteiger partial charge in [-0.05, 0) is 42.8 Å². The molecule has 0 unspecified atom stereocenters. The number of rotatable bonds is 8. The van der Waals surface area contributed by atoms with E-state index in [0.29, 0.717) is 34.4 Å². The van der Waals surface area contributed by atoms with E-state index in [4.69, 9.17) is 21.4 Å². The summed E-state index contributed by atoms with van der Waals surface area (Å²) in [6.45, 7) is 5.51. The predicted octanol–water partition coefficient (Wildman–Crippen LogP) is 4.96. The van der Waals surface area contributed by atoms with Crippen LogP contribution >= 0.6 is 22.9 Å². The summed E-state index contributed by atoms with van der Waals surface area (Å²) < 4.78 is 33.5. The third-order valence-corrected chi connectivity index (χ3v) is 7.11. The number of benzene rings is 2. The minimum absolute atomic E-state index is 0.0865. The number of anilines is 1. The largest absolute Gasteiger partial charge is 0.491 e. The van der Waals surface area contributed by atoms with Crippen molar-refractivity contribution in [3.63, 3.8) is 0 Å². The van der Waals surface area contributed by atoms with Crippen molar-refractivity contribution in [2.24, 2.45) is 0 Å². The van der Waals surface area contributed by atoms with Crippen molar-refractivity contribution in [3.8, 4) is 16.2 Å². The second-order valence-corrected chi connectivity index (χ2v) is 9.56. The fourth-order valence-corrected chi connectivity index (χ4v) is 5.08. The number of carboxylic acid groups (broad SMARTS) is 1. The molecule has 1 aromatic heterocycles. The Labute approximate surface area is 205 Å². The number of ether oxygens (including phenoxy) is 1. The topological polar surface area (TPSA) is 65.9 Å². The van der Waals surface area contributed by atoms with Gasteiger partial charge in [-0.25, -0.2) is 13.8 Å². The van der Waals surface area contributed by atoms with E-state index in [9.17, 15) is 13.6 Å². The van der Waals surface area contributed by atoms with Gasteiger partial charge in [0, 0.05) is 44.0 Å². The third kappa shape index (κ3) is 5.84. The van der Waals surface area contributed by atoms with Crippen molar-refractivity contribution in [2.45, 2.75) is 19.4 Å². The van der Waals surface area contributed by atoms with Crippen molar-refractivity contribution in [3.05, 3.63) is 64.8 Å². The van der Waals surface area contributed by atoms with Crippen LogP contribution in [0.3, 0.4) is 0 Å². The molecule has 0 amide bonds. The molecule has 1 aliphatic heterocycles. The van der Waals surface area contributed by atoms with Gasteiger partial charge in [0.15, 0.2) is 5.13 Å². The number of carboxylic acids is 1. The lowest BCUT2D eigenvalue weighted by molar-refractivity contribution is -0.136. The maximum atomic E-state index is 14.1.